The maximum atomic E-state index is 11.3. The van der Waals surface area contributed by atoms with E-state index in [1.807, 2.05) is 61.5 Å². The molecule has 0 atom stereocenters. The lowest BCUT2D eigenvalue weighted by molar-refractivity contribution is -0.385. The maximum absolute atomic E-state index is 11.3. The zero-order chi connectivity index (χ0) is 21.5. The first-order chi connectivity index (χ1) is 14.5. The lowest BCUT2D eigenvalue weighted by atomic mass is 10.1. The number of aryl methyl sites for hydroxylation is 1. The quantitative estimate of drug-likeness (QED) is 0.375. The zero-order valence-electron chi connectivity index (χ0n) is 17.4. The topological polar surface area (TPSA) is 77.7 Å². The molecule has 0 saturated heterocycles. The lowest BCUT2D eigenvalue weighted by Gasteiger charge is -2.25. The van der Waals surface area contributed by atoms with E-state index in [9.17, 15) is 10.1 Å². The van der Waals surface area contributed by atoms with Gasteiger partial charge in [0.25, 0.3) is 5.69 Å². The van der Waals surface area contributed by atoms with Gasteiger partial charge in [-0.25, -0.2) is 4.98 Å². The van der Waals surface area contributed by atoms with Crippen LogP contribution in [0.25, 0.3) is 0 Å². The number of methoxy groups -OCH3 is 2. The van der Waals surface area contributed by atoms with E-state index in [0.29, 0.717) is 30.9 Å². The summed E-state index contributed by atoms with van der Waals surface area (Å²) in [6.45, 7) is 3.11. The number of rotatable bonds is 9. The van der Waals surface area contributed by atoms with Gasteiger partial charge in [0.1, 0.15) is 23.5 Å². The van der Waals surface area contributed by atoms with Crippen molar-refractivity contribution < 1.29 is 14.4 Å². The minimum atomic E-state index is -0.382. The Morgan fingerprint density at radius 3 is 1.83 bits per heavy atom. The second-order valence-electron chi connectivity index (χ2n) is 6.83. The summed E-state index contributed by atoms with van der Waals surface area (Å²) in [6, 6.07) is 17.5. The van der Waals surface area contributed by atoms with Crippen LogP contribution in [0.1, 0.15) is 23.6 Å². The number of anilines is 1. The van der Waals surface area contributed by atoms with Crippen molar-refractivity contribution in [3.8, 4) is 11.5 Å². The first-order valence-electron chi connectivity index (χ1n) is 9.68. The average molecular weight is 407 g/mol. The van der Waals surface area contributed by atoms with Gasteiger partial charge in [-0.3, -0.25) is 10.1 Å². The van der Waals surface area contributed by atoms with Gasteiger partial charge in [0, 0.05) is 18.7 Å². The Bertz CT molecular complexity index is 939. The highest BCUT2D eigenvalue weighted by Crippen LogP contribution is 2.26. The average Bonchev–Trinajstić information content (AvgIpc) is 2.79. The van der Waals surface area contributed by atoms with Crippen LogP contribution in [0.4, 0.5) is 11.5 Å². The summed E-state index contributed by atoms with van der Waals surface area (Å²) in [5, 5.41) is 11.3. The molecule has 0 N–H and O–H groups in total. The van der Waals surface area contributed by atoms with E-state index in [1.165, 1.54) is 6.20 Å². The molecule has 156 valence electrons. The molecule has 0 unspecified atom stereocenters. The number of ether oxygens (including phenoxy) is 2. The van der Waals surface area contributed by atoms with E-state index in [4.69, 9.17) is 9.47 Å². The normalized spacial score (nSPS) is 10.5. The first kappa shape index (κ1) is 21.1. The van der Waals surface area contributed by atoms with Crippen LogP contribution in [0.5, 0.6) is 11.5 Å². The van der Waals surface area contributed by atoms with Gasteiger partial charge in [-0.2, -0.15) is 0 Å². The van der Waals surface area contributed by atoms with Gasteiger partial charge >= 0.3 is 0 Å². The highest BCUT2D eigenvalue weighted by Gasteiger charge is 2.17. The number of pyridine rings is 1. The summed E-state index contributed by atoms with van der Waals surface area (Å²) in [5.41, 5.74) is 2.89. The molecule has 0 aliphatic carbocycles. The Kier molecular flexibility index (Phi) is 6.85. The number of nitrogens with zero attached hydrogens (tertiary/aromatic N) is 3. The predicted octanol–water partition coefficient (Wildman–Crippen LogP) is 4.78. The molecule has 0 radical (unpaired) electrons. The molecule has 0 bridgehead atoms. The minimum absolute atomic E-state index is 0.0510. The molecule has 3 aromatic rings. The van der Waals surface area contributed by atoms with Crippen LogP contribution in [0, 0.1) is 10.1 Å². The Balaban J connectivity index is 1.93. The fraction of sp³-hybridized carbons (Fsp3) is 0.261. The summed E-state index contributed by atoms with van der Waals surface area (Å²) < 4.78 is 10.5. The van der Waals surface area contributed by atoms with Crippen molar-refractivity contribution in [3.05, 3.63) is 87.6 Å². The Labute approximate surface area is 176 Å². The highest BCUT2D eigenvalue weighted by molar-refractivity contribution is 5.50. The standard InChI is InChI=1S/C23H25N3O4/c1-4-19-13-23(24-14-22(19)26(27)28)25(15-17-5-9-20(29-2)10-6-17)16-18-7-11-21(30-3)12-8-18/h5-14H,4,15-16H2,1-3H3. The van der Waals surface area contributed by atoms with E-state index in [0.717, 1.165) is 22.6 Å². The highest BCUT2D eigenvalue weighted by atomic mass is 16.6. The summed E-state index contributed by atoms with van der Waals surface area (Å²) >= 11 is 0. The third-order valence-corrected chi connectivity index (χ3v) is 4.92. The molecule has 7 nitrogen and oxygen atoms in total. The first-order valence-corrected chi connectivity index (χ1v) is 9.68. The molecule has 0 aliphatic heterocycles. The molecule has 7 heteroatoms. The zero-order valence-corrected chi connectivity index (χ0v) is 17.4. The number of benzene rings is 2. The van der Waals surface area contributed by atoms with Crippen molar-refractivity contribution in [3.63, 3.8) is 0 Å². The largest absolute Gasteiger partial charge is 0.497 e. The monoisotopic (exact) mass is 407 g/mol. The molecular weight excluding hydrogens is 382 g/mol. The molecule has 1 aromatic heterocycles. The van der Waals surface area contributed by atoms with Gasteiger partial charge in [-0.1, -0.05) is 31.2 Å². The van der Waals surface area contributed by atoms with E-state index in [2.05, 4.69) is 9.88 Å². The van der Waals surface area contributed by atoms with E-state index < -0.39 is 0 Å². The summed E-state index contributed by atoms with van der Waals surface area (Å²) in [5.74, 6) is 2.29. The molecule has 0 amide bonds. The van der Waals surface area contributed by atoms with Crippen LogP contribution in [-0.4, -0.2) is 24.1 Å². The predicted molar refractivity (Wildman–Crippen MR) is 116 cm³/mol. The van der Waals surface area contributed by atoms with Crippen LogP contribution >= 0.6 is 0 Å². The van der Waals surface area contributed by atoms with Crippen LogP contribution in [0.3, 0.4) is 0 Å². The lowest BCUT2D eigenvalue weighted by Crippen LogP contribution is -2.23. The third-order valence-electron chi connectivity index (χ3n) is 4.92. The van der Waals surface area contributed by atoms with Crippen molar-refractivity contribution in [2.45, 2.75) is 26.4 Å². The fourth-order valence-corrected chi connectivity index (χ4v) is 3.22. The van der Waals surface area contributed by atoms with Crippen molar-refractivity contribution in [1.29, 1.82) is 0 Å². The van der Waals surface area contributed by atoms with E-state index in [1.54, 1.807) is 14.2 Å². The molecule has 1 heterocycles. The third kappa shape index (κ3) is 5.05. The van der Waals surface area contributed by atoms with Crippen molar-refractivity contribution in [2.75, 3.05) is 19.1 Å². The van der Waals surface area contributed by atoms with Crippen LogP contribution in [-0.2, 0) is 19.5 Å². The van der Waals surface area contributed by atoms with Crippen LogP contribution in [0.15, 0.2) is 60.8 Å². The van der Waals surface area contributed by atoms with Gasteiger partial charge in [0.2, 0.25) is 0 Å². The number of hydrogen-bond acceptors (Lipinski definition) is 6. The number of hydrogen-bond donors (Lipinski definition) is 0. The Morgan fingerprint density at radius 2 is 1.43 bits per heavy atom. The second kappa shape index (κ2) is 9.73. The Morgan fingerprint density at radius 1 is 0.933 bits per heavy atom. The van der Waals surface area contributed by atoms with Crippen molar-refractivity contribution in [2.24, 2.45) is 0 Å². The van der Waals surface area contributed by atoms with Gasteiger partial charge in [0.05, 0.1) is 19.1 Å². The molecule has 3 rings (SSSR count). The molecule has 0 fully saturated rings. The van der Waals surface area contributed by atoms with E-state index in [-0.39, 0.29) is 10.6 Å². The van der Waals surface area contributed by atoms with Gasteiger partial charge in [-0.05, 0) is 47.9 Å². The maximum Gasteiger partial charge on any atom is 0.290 e. The smallest absolute Gasteiger partial charge is 0.290 e. The van der Waals surface area contributed by atoms with Gasteiger partial charge < -0.3 is 14.4 Å². The molecule has 30 heavy (non-hydrogen) atoms. The Hall–Kier alpha value is -3.61. The van der Waals surface area contributed by atoms with Crippen molar-refractivity contribution >= 4 is 11.5 Å². The minimum Gasteiger partial charge on any atom is -0.497 e. The summed E-state index contributed by atoms with van der Waals surface area (Å²) in [4.78, 5) is 17.4. The van der Waals surface area contributed by atoms with Crippen LogP contribution < -0.4 is 14.4 Å². The molecular formula is C23H25N3O4. The second-order valence-corrected chi connectivity index (χ2v) is 6.83. The SMILES string of the molecule is CCc1cc(N(Cc2ccc(OC)cc2)Cc2ccc(OC)cc2)ncc1[N+](=O)[O-]. The summed E-state index contributed by atoms with van der Waals surface area (Å²) in [7, 11) is 3.27. The number of aromatic nitrogens is 1. The molecule has 0 saturated carbocycles. The van der Waals surface area contributed by atoms with Gasteiger partial charge in [0.15, 0.2) is 0 Å². The summed E-state index contributed by atoms with van der Waals surface area (Å²) in [6.07, 6.45) is 1.91. The van der Waals surface area contributed by atoms with Crippen LogP contribution in [0.2, 0.25) is 0 Å². The van der Waals surface area contributed by atoms with Gasteiger partial charge in [-0.15, -0.1) is 0 Å². The van der Waals surface area contributed by atoms with E-state index >= 15 is 0 Å². The van der Waals surface area contributed by atoms with Crippen molar-refractivity contribution in [1.82, 2.24) is 4.98 Å². The molecule has 2 aromatic carbocycles. The fourth-order valence-electron chi connectivity index (χ4n) is 3.22. The molecule has 0 aliphatic rings. The number of nitro groups is 1. The molecule has 0 spiro atoms.